The highest BCUT2D eigenvalue weighted by Crippen LogP contribution is 2.32. The smallest absolute Gasteiger partial charge is 0.135 e. The number of aromatic nitrogens is 2. The lowest BCUT2D eigenvalue weighted by molar-refractivity contribution is -0.000831. The highest BCUT2D eigenvalue weighted by atomic mass is 16.3. The van der Waals surface area contributed by atoms with Crippen LogP contribution in [0.2, 0.25) is 0 Å². The van der Waals surface area contributed by atoms with Gasteiger partial charge in [-0.3, -0.25) is 0 Å². The van der Waals surface area contributed by atoms with E-state index in [4.69, 9.17) is 0 Å². The van der Waals surface area contributed by atoms with Crippen LogP contribution in [0.3, 0.4) is 0 Å². The molecule has 1 aliphatic rings. The molecule has 0 aliphatic heterocycles. The van der Waals surface area contributed by atoms with Crippen LogP contribution in [0, 0.1) is 5.92 Å². The maximum atomic E-state index is 10.7. The van der Waals surface area contributed by atoms with Crippen LogP contribution in [-0.4, -0.2) is 34.3 Å². The van der Waals surface area contributed by atoms with Gasteiger partial charge in [-0.2, -0.15) is 0 Å². The van der Waals surface area contributed by atoms with Crippen LogP contribution in [0.5, 0.6) is 0 Å². The SMILES string of the molecule is CNc1cc(NCC2(O)CCCC(C)C2)nc(C(C)C)n1. The van der Waals surface area contributed by atoms with Crippen LogP contribution >= 0.6 is 0 Å². The molecule has 118 valence electrons. The highest BCUT2D eigenvalue weighted by molar-refractivity contribution is 5.47. The Bertz CT molecular complexity index is 477. The van der Waals surface area contributed by atoms with Crippen molar-refractivity contribution in [3.8, 4) is 0 Å². The largest absolute Gasteiger partial charge is 0.388 e. The van der Waals surface area contributed by atoms with Crippen molar-refractivity contribution >= 4 is 11.6 Å². The number of hydrogen-bond donors (Lipinski definition) is 3. The fourth-order valence-electron chi connectivity index (χ4n) is 2.99. The first-order valence-electron chi connectivity index (χ1n) is 7.95. The zero-order valence-corrected chi connectivity index (χ0v) is 13.6. The molecule has 2 unspecified atom stereocenters. The Labute approximate surface area is 127 Å². The first-order chi connectivity index (χ1) is 9.92. The van der Waals surface area contributed by atoms with Gasteiger partial charge < -0.3 is 15.7 Å². The van der Waals surface area contributed by atoms with Gasteiger partial charge >= 0.3 is 0 Å². The lowest BCUT2D eigenvalue weighted by atomic mass is 9.79. The van der Waals surface area contributed by atoms with Crippen LogP contribution in [-0.2, 0) is 0 Å². The molecule has 1 fully saturated rings. The van der Waals surface area contributed by atoms with Crippen molar-refractivity contribution in [2.45, 2.75) is 58.0 Å². The summed E-state index contributed by atoms with van der Waals surface area (Å²) in [4.78, 5) is 8.99. The van der Waals surface area contributed by atoms with Crippen molar-refractivity contribution in [2.24, 2.45) is 5.92 Å². The van der Waals surface area contributed by atoms with E-state index in [1.807, 2.05) is 13.1 Å². The van der Waals surface area contributed by atoms with Gasteiger partial charge in [0, 0.05) is 25.6 Å². The molecule has 5 heteroatoms. The lowest BCUT2D eigenvalue weighted by Crippen LogP contribution is -2.41. The van der Waals surface area contributed by atoms with E-state index in [0.29, 0.717) is 12.5 Å². The number of rotatable bonds is 5. The summed E-state index contributed by atoms with van der Waals surface area (Å²) in [6.45, 7) is 6.92. The molecule has 2 rings (SSSR count). The monoisotopic (exact) mass is 292 g/mol. The maximum absolute atomic E-state index is 10.7. The van der Waals surface area contributed by atoms with E-state index < -0.39 is 5.60 Å². The van der Waals surface area contributed by atoms with Gasteiger partial charge in [-0.15, -0.1) is 0 Å². The molecule has 1 aliphatic carbocycles. The molecule has 1 aromatic heterocycles. The molecule has 21 heavy (non-hydrogen) atoms. The van der Waals surface area contributed by atoms with Gasteiger partial charge in [0.25, 0.3) is 0 Å². The molecule has 0 amide bonds. The third kappa shape index (κ3) is 4.30. The first kappa shape index (κ1) is 16.0. The van der Waals surface area contributed by atoms with Gasteiger partial charge in [0.2, 0.25) is 0 Å². The molecule has 1 heterocycles. The molecule has 0 aromatic carbocycles. The molecule has 0 saturated heterocycles. The predicted molar refractivity (Wildman–Crippen MR) is 86.7 cm³/mol. The molecule has 3 N–H and O–H groups in total. The molecule has 5 nitrogen and oxygen atoms in total. The standard InChI is InChI=1S/C16H28N4O/c1-11(2)15-19-13(17-4)8-14(20-15)18-10-16(21)7-5-6-12(3)9-16/h8,11-12,21H,5-7,9-10H2,1-4H3,(H2,17,18,19,20). The van der Waals surface area contributed by atoms with Crippen LogP contribution < -0.4 is 10.6 Å². The Morgan fingerprint density at radius 1 is 1.38 bits per heavy atom. The molecule has 2 atom stereocenters. The Hall–Kier alpha value is -1.36. The second-order valence-corrected chi connectivity index (χ2v) is 6.68. The zero-order valence-electron chi connectivity index (χ0n) is 13.6. The molecular weight excluding hydrogens is 264 g/mol. The van der Waals surface area contributed by atoms with Crippen molar-refractivity contribution in [3.63, 3.8) is 0 Å². The Morgan fingerprint density at radius 2 is 2.10 bits per heavy atom. The third-order valence-electron chi connectivity index (χ3n) is 4.18. The van der Waals surface area contributed by atoms with Gasteiger partial charge in [0.15, 0.2) is 0 Å². The summed E-state index contributed by atoms with van der Waals surface area (Å²) in [7, 11) is 1.85. The number of aliphatic hydroxyl groups is 1. The van der Waals surface area contributed by atoms with Crippen molar-refractivity contribution < 1.29 is 5.11 Å². The molecule has 1 aromatic rings. The van der Waals surface area contributed by atoms with Crippen molar-refractivity contribution in [2.75, 3.05) is 24.2 Å². The summed E-state index contributed by atoms with van der Waals surface area (Å²) in [5, 5.41) is 17.1. The summed E-state index contributed by atoms with van der Waals surface area (Å²) in [6, 6.07) is 1.89. The zero-order chi connectivity index (χ0) is 15.5. The Morgan fingerprint density at radius 3 is 2.71 bits per heavy atom. The average Bonchev–Trinajstić information content (AvgIpc) is 2.44. The summed E-state index contributed by atoms with van der Waals surface area (Å²) in [6.07, 6.45) is 4.05. The van der Waals surface area contributed by atoms with Crippen molar-refractivity contribution in [1.29, 1.82) is 0 Å². The molecule has 0 radical (unpaired) electrons. The molecule has 0 bridgehead atoms. The third-order valence-corrected chi connectivity index (χ3v) is 4.18. The molecule has 1 saturated carbocycles. The number of nitrogens with one attached hydrogen (secondary N) is 2. The average molecular weight is 292 g/mol. The van der Waals surface area contributed by atoms with Crippen LogP contribution in [0.15, 0.2) is 6.07 Å². The minimum atomic E-state index is -0.611. The van der Waals surface area contributed by atoms with Crippen LogP contribution in [0.4, 0.5) is 11.6 Å². The van der Waals surface area contributed by atoms with Gasteiger partial charge in [-0.25, -0.2) is 9.97 Å². The first-order valence-corrected chi connectivity index (χ1v) is 7.95. The normalized spacial score (nSPS) is 25.9. The van der Waals surface area contributed by atoms with Gasteiger partial charge in [0.1, 0.15) is 17.5 Å². The summed E-state index contributed by atoms with van der Waals surface area (Å²) in [5.74, 6) is 3.27. The van der Waals surface area contributed by atoms with Gasteiger partial charge in [-0.05, 0) is 18.8 Å². The summed E-state index contributed by atoms with van der Waals surface area (Å²) >= 11 is 0. The molecular formula is C16H28N4O. The van der Waals surface area contributed by atoms with E-state index in [2.05, 4.69) is 41.4 Å². The van der Waals surface area contributed by atoms with Crippen LogP contribution in [0.1, 0.15) is 58.2 Å². The Kier molecular flexibility index (Phi) is 5.04. The van der Waals surface area contributed by atoms with Gasteiger partial charge in [0.05, 0.1) is 5.60 Å². The van der Waals surface area contributed by atoms with E-state index in [9.17, 15) is 5.11 Å². The Balaban J connectivity index is 2.06. The highest BCUT2D eigenvalue weighted by Gasteiger charge is 2.32. The second kappa shape index (κ2) is 6.60. The summed E-state index contributed by atoms with van der Waals surface area (Å²) < 4.78 is 0. The number of nitrogens with zero attached hydrogens (tertiary/aromatic N) is 2. The maximum Gasteiger partial charge on any atom is 0.135 e. The number of hydrogen-bond acceptors (Lipinski definition) is 5. The fraction of sp³-hybridized carbons (Fsp3) is 0.750. The van der Waals surface area contributed by atoms with E-state index in [-0.39, 0.29) is 5.92 Å². The minimum Gasteiger partial charge on any atom is -0.388 e. The van der Waals surface area contributed by atoms with E-state index in [1.165, 1.54) is 6.42 Å². The molecule has 0 spiro atoms. The fourth-order valence-corrected chi connectivity index (χ4v) is 2.99. The second-order valence-electron chi connectivity index (χ2n) is 6.68. The van der Waals surface area contributed by atoms with E-state index in [0.717, 1.165) is 36.7 Å². The summed E-state index contributed by atoms with van der Waals surface area (Å²) in [5.41, 5.74) is -0.611. The van der Waals surface area contributed by atoms with E-state index >= 15 is 0 Å². The van der Waals surface area contributed by atoms with Gasteiger partial charge in [-0.1, -0.05) is 33.6 Å². The lowest BCUT2D eigenvalue weighted by Gasteiger charge is -2.35. The quantitative estimate of drug-likeness (QED) is 0.778. The predicted octanol–water partition coefficient (Wildman–Crippen LogP) is 2.99. The topological polar surface area (TPSA) is 70.1 Å². The van der Waals surface area contributed by atoms with Crippen molar-refractivity contribution in [3.05, 3.63) is 11.9 Å². The number of anilines is 2. The van der Waals surface area contributed by atoms with Crippen molar-refractivity contribution in [1.82, 2.24) is 9.97 Å². The van der Waals surface area contributed by atoms with Crippen LogP contribution in [0.25, 0.3) is 0 Å². The minimum absolute atomic E-state index is 0.275. The van der Waals surface area contributed by atoms with E-state index in [1.54, 1.807) is 0 Å².